The van der Waals surface area contributed by atoms with Crippen LogP contribution in [0.5, 0.6) is 5.75 Å². The van der Waals surface area contributed by atoms with Crippen LogP contribution in [0.15, 0.2) is 164 Å². The number of fused-ring (bicyclic) bond motifs is 3. The van der Waals surface area contributed by atoms with Crippen LogP contribution in [-0.2, 0) is 31.1 Å². The molecule has 7 atom stereocenters. The van der Waals surface area contributed by atoms with Gasteiger partial charge in [0.05, 0.1) is 37.3 Å². The molecule has 2 fully saturated rings. The number of carbonyl (C=O) groups excluding carboxylic acids is 3. The molecular formula is C54H50N4O7. The molecule has 65 heavy (non-hydrogen) atoms. The van der Waals surface area contributed by atoms with Crippen molar-refractivity contribution < 1.29 is 34.1 Å². The van der Waals surface area contributed by atoms with Gasteiger partial charge >= 0.3 is 5.97 Å². The van der Waals surface area contributed by atoms with E-state index in [9.17, 15) is 10.2 Å². The van der Waals surface area contributed by atoms with Crippen LogP contribution in [0.1, 0.15) is 63.2 Å². The lowest BCUT2D eigenvalue weighted by atomic mass is 9.65. The molecule has 6 aromatic carbocycles. The van der Waals surface area contributed by atoms with Crippen LogP contribution in [0.3, 0.4) is 0 Å². The molecule has 11 heteroatoms. The van der Waals surface area contributed by atoms with Crippen molar-refractivity contribution in [2.24, 2.45) is 5.92 Å². The molecule has 3 heterocycles. The minimum absolute atomic E-state index is 0.0291. The number of benzene rings is 6. The van der Waals surface area contributed by atoms with Gasteiger partial charge in [-0.3, -0.25) is 24.2 Å². The molecule has 328 valence electrons. The number of aliphatic hydroxyl groups excluding tert-OH is 2. The zero-order chi connectivity index (χ0) is 44.9. The number of aliphatic hydroxyl groups is 2. The minimum Gasteiger partial charge on any atom is -0.491 e. The fourth-order valence-electron chi connectivity index (χ4n) is 9.94. The zero-order valence-corrected chi connectivity index (χ0v) is 35.9. The highest BCUT2D eigenvalue weighted by atomic mass is 16.6. The predicted molar refractivity (Wildman–Crippen MR) is 246 cm³/mol. The second-order valence-electron chi connectivity index (χ2n) is 16.8. The largest absolute Gasteiger partial charge is 0.491 e. The van der Waals surface area contributed by atoms with Gasteiger partial charge < -0.3 is 30.3 Å². The number of cyclic esters (lactones) is 1. The third-order valence-corrected chi connectivity index (χ3v) is 12.7. The number of hydrogen-bond acceptors (Lipinski definition) is 9. The Labute approximate surface area is 378 Å². The Balaban J connectivity index is 1.23. The van der Waals surface area contributed by atoms with Crippen molar-refractivity contribution in [2.75, 3.05) is 38.7 Å². The van der Waals surface area contributed by atoms with Crippen molar-refractivity contribution >= 4 is 23.5 Å². The summed E-state index contributed by atoms with van der Waals surface area (Å²) in [5.74, 6) is 3.95. The Morgan fingerprint density at radius 2 is 1.49 bits per heavy atom. The van der Waals surface area contributed by atoms with Gasteiger partial charge in [-0.25, -0.2) is 0 Å². The first-order chi connectivity index (χ1) is 31.8. The molecule has 3 aliphatic heterocycles. The summed E-state index contributed by atoms with van der Waals surface area (Å²) in [6, 6.07) is 48.1. The standard InChI is InChI=1S/C54H50N4O7/c1-57(35-37-16-6-2-7-17-37)29-15-18-36-27-28-44-43(32-36)54(53(63)56-44)46(51(61)55-34-45(60)38-19-8-3-9-20-38)48-52(62)65-49(40-23-12-5-13-24-40)47(39-21-10-4-11-22-39)58(48)50(54)41-25-14-26-42(33-41)64-31-30-59/h2-14,16-17,19-28,32-33,45-50,59-60H,29-31,34-35H2,1H3,(H,55,61)(H,56,63). The quantitative estimate of drug-likeness (QED) is 0.0742. The Morgan fingerprint density at radius 3 is 2.20 bits per heavy atom. The SMILES string of the molecule is CN(CC#Cc1ccc2c(c1)C1(C(=O)N2)C(C(=O)NCC(O)c2ccccc2)C2C(=O)OC(c3ccccc3)C(c3ccccc3)N2C1c1cccc(OCCO)c1)Cc1ccccc1. The topological polar surface area (TPSA) is 141 Å². The van der Waals surface area contributed by atoms with E-state index in [1.807, 2.05) is 133 Å². The van der Waals surface area contributed by atoms with E-state index in [0.29, 0.717) is 46.8 Å². The van der Waals surface area contributed by atoms with Crippen LogP contribution in [0.25, 0.3) is 0 Å². The molecule has 0 saturated carbocycles. The number of hydrogen-bond donors (Lipinski definition) is 4. The minimum atomic E-state index is -1.77. The number of nitrogens with zero attached hydrogens (tertiary/aromatic N) is 2. The molecule has 6 aromatic rings. The normalized spacial score (nSPS) is 22.6. The highest BCUT2D eigenvalue weighted by Gasteiger charge is 2.74. The summed E-state index contributed by atoms with van der Waals surface area (Å²) in [6.07, 6.45) is -1.92. The fraction of sp³-hybridized carbons (Fsp3) is 0.241. The maximum Gasteiger partial charge on any atom is 0.324 e. The molecule has 11 nitrogen and oxygen atoms in total. The summed E-state index contributed by atoms with van der Waals surface area (Å²) in [6.45, 7) is 0.803. The van der Waals surface area contributed by atoms with Gasteiger partial charge in [0, 0.05) is 24.3 Å². The van der Waals surface area contributed by atoms with Gasteiger partial charge in [-0.05, 0) is 70.8 Å². The number of carbonyl (C=O) groups is 3. The van der Waals surface area contributed by atoms with Gasteiger partial charge in [-0.15, -0.1) is 0 Å². The summed E-state index contributed by atoms with van der Waals surface area (Å²) in [5, 5.41) is 27.2. The van der Waals surface area contributed by atoms with Crippen molar-refractivity contribution in [2.45, 2.75) is 42.3 Å². The number of nitrogens with one attached hydrogen (secondary N) is 2. The molecule has 0 aliphatic carbocycles. The van der Waals surface area contributed by atoms with Crippen LogP contribution in [-0.4, -0.2) is 77.2 Å². The second-order valence-corrected chi connectivity index (χ2v) is 16.8. The molecule has 0 bridgehead atoms. The summed E-state index contributed by atoms with van der Waals surface area (Å²) < 4.78 is 12.5. The van der Waals surface area contributed by atoms with Gasteiger partial charge in [-0.1, -0.05) is 145 Å². The first kappa shape index (κ1) is 43.2. The zero-order valence-electron chi connectivity index (χ0n) is 35.9. The molecule has 2 amide bonds. The van der Waals surface area contributed by atoms with Gasteiger partial charge in [0.15, 0.2) is 0 Å². The van der Waals surface area contributed by atoms with Gasteiger partial charge in [0.2, 0.25) is 11.8 Å². The van der Waals surface area contributed by atoms with E-state index in [4.69, 9.17) is 9.47 Å². The maximum atomic E-state index is 15.6. The number of rotatable bonds is 13. The van der Waals surface area contributed by atoms with Crippen molar-refractivity contribution in [1.29, 1.82) is 0 Å². The Kier molecular flexibility index (Phi) is 12.6. The molecule has 1 spiro atoms. The highest BCUT2D eigenvalue weighted by Crippen LogP contribution is 2.65. The lowest BCUT2D eigenvalue weighted by molar-refractivity contribution is -0.178. The summed E-state index contributed by atoms with van der Waals surface area (Å²) in [5.41, 5.74) is 3.78. The van der Waals surface area contributed by atoms with E-state index in [0.717, 1.165) is 16.7 Å². The van der Waals surface area contributed by atoms with Crippen LogP contribution in [0.4, 0.5) is 5.69 Å². The van der Waals surface area contributed by atoms with Crippen molar-refractivity contribution in [3.8, 4) is 17.6 Å². The summed E-state index contributed by atoms with van der Waals surface area (Å²) in [7, 11) is 2.00. The Bertz CT molecular complexity index is 2710. The number of anilines is 1. The number of amides is 2. The third-order valence-electron chi connectivity index (χ3n) is 12.7. The smallest absolute Gasteiger partial charge is 0.324 e. The monoisotopic (exact) mass is 866 g/mol. The molecule has 4 N–H and O–H groups in total. The van der Waals surface area contributed by atoms with E-state index in [-0.39, 0.29) is 19.8 Å². The van der Waals surface area contributed by atoms with E-state index in [2.05, 4.69) is 39.5 Å². The van der Waals surface area contributed by atoms with E-state index in [1.165, 1.54) is 0 Å². The molecule has 3 aliphatic rings. The third kappa shape index (κ3) is 8.41. The Morgan fingerprint density at radius 1 is 0.831 bits per heavy atom. The highest BCUT2D eigenvalue weighted by molar-refractivity contribution is 6.12. The summed E-state index contributed by atoms with van der Waals surface area (Å²) >= 11 is 0. The lowest BCUT2D eigenvalue weighted by Gasteiger charge is -2.46. The summed E-state index contributed by atoms with van der Waals surface area (Å²) in [4.78, 5) is 50.3. The first-order valence-electron chi connectivity index (χ1n) is 21.9. The van der Waals surface area contributed by atoms with Crippen LogP contribution >= 0.6 is 0 Å². The van der Waals surface area contributed by atoms with Gasteiger partial charge in [0.25, 0.3) is 0 Å². The first-order valence-corrected chi connectivity index (χ1v) is 21.9. The fourth-order valence-corrected chi connectivity index (χ4v) is 9.94. The molecule has 7 unspecified atom stereocenters. The van der Waals surface area contributed by atoms with Crippen LogP contribution in [0.2, 0.25) is 0 Å². The van der Waals surface area contributed by atoms with Crippen LogP contribution in [0, 0.1) is 17.8 Å². The second kappa shape index (κ2) is 19.0. The Hall–Kier alpha value is -7.07. The molecule has 2 saturated heterocycles. The molecular weight excluding hydrogens is 817 g/mol. The number of esters is 1. The molecule has 0 radical (unpaired) electrons. The van der Waals surface area contributed by atoms with Gasteiger partial charge in [-0.2, -0.15) is 0 Å². The average molecular weight is 867 g/mol. The molecule has 0 aromatic heterocycles. The van der Waals surface area contributed by atoms with E-state index in [1.54, 1.807) is 30.3 Å². The number of ether oxygens (including phenoxy) is 2. The lowest BCUT2D eigenvalue weighted by Crippen LogP contribution is -2.55. The average Bonchev–Trinajstić information content (AvgIpc) is 3.82. The van der Waals surface area contributed by atoms with E-state index < -0.39 is 59.5 Å². The maximum absolute atomic E-state index is 15.6. The predicted octanol–water partition coefficient (Wildman–Crippen LogP) is 6.66. The van der Waals surface area contributed by atoms with E-state index >= 15 is 14.4 Å². The molecule has 9 rings (SSSR count). The number of morpholine rings is 1. The van der Waals surface area contributed by atoms with Gasteiger partial charge in [0.1, 0.15) is 29.9 Å². The van der Waals surface area contributed by atoms with Crippen LogP contribution < -0.4 is 15.4 Å². The van der Waals surface area contributed by atoms with Crippen molar-refractivity contribution in [1.82, 2.24) is 15.1 Å². The van der Waals surface area contributed by atoms with Crippen molar-refractivity contribution in [3.05, 3.63) is 203 Å². The van der Waals surface area contributed by atoms with Crippen molar-refractivity contribution in [3.63, 3.8) is 0 Å².